The van der Waals surface area contributed by atoms with Crippen LogP contribution in [0.15, 0.2) is 0 Å². The van der Waals surface area contributed by atoms with Crippen molar-refractivity contribution in [2.24, 2.45) is 0 Å². The van der Waals surface area contributed by atoms with E-state index < -0.39 is 5.60 Å². The minimum atomic E-state index is -1.29. The highest BCUT2D eigenvalue weighted by Crippen LogP contribution is 2.06. The van der Waals surface area contributed by atoms with Gasteiger partial charge in [-0.3, -0.25) is 4.79 Å². The van der Waals surface area contributed by atoms with E-state index in [-0.39, 0.29) is 5.91 Å². The molecule has 14 heavy (non-hydrogen) atoms. The van der Waals surface area contributed by atoms with Gasteiger partial charge in [-0.15, -0.1) is 0 Å². The van der Waals surface area contributed by atoms with Crippen LogP contribution in [0.2, 0.25) is 0 Å². The van der Waals surface area contributed by atoms with E-state index >= 15 is 0 Å². The van der Waals surface area contributed by atoms with Crippen LogP contribution in [-0.2, 0) is 9.53 Å². The molecule has 0 aromatic carbocycles. The van der Waals surface area contributed by atoms with E-state index in [0.29, 0.717) is 26.3 Å². The van der Waals surface area contributed by atoms with Gasteiger partial charge in [0.15, 0.2) is 0 Å². The summed E-state index contributed by atoms with van der Waals surface area (Å²) in [6.07, 6.45) is 0. The summed E-state index contributed by atoms with van der Waals surface area (Å²) in [6.45, 7) is 9.09. The Morgan fingerprint density at radius 3 is 2.36 bits per heavy atom. The number of hydrogen-bond donors (Lipinski definition) is 1. The minimum absolute atomic E-state index is 0.250. The van der Waals surface area contributed by atoms with Crippen LogP contribution in [-0.4, -0.2) is 47.8 Å². The van der Waals surface area contributed by atoms with Gasteiger partial charge in [0.2, 0.25) is 0 Å². The fraction of sp³-hybridized carbons (Fsp3) is 0.900. The van der Waals surface area contributed by atoms with Gasteiger partial charge in [0.25, 0.3) is 5.91 Å². The van der Waals surface area contributed by atoms with Gasteiger partial charge in [0.1, 0.15) is 5.60 Å². The molecule has 1 amide bonds. The van der Waals surface area contributed by atoms with Crippen molar-refractivity contribution in [2.75, 3.05) is 26.3 Å². The first-order valence-electron chi connectivity index (χ1n) is 5.03. The number of carbonyl (C=O) groups is 1. The highest BCUT2D eigenvalue weighted by molar-refractivity contribution is 5.84. The van der Waals surface area contributed by atoms with Gasteiger partial charge >= 0.3 is 0 Å². The van der Waals surface area contributed by atoms with E-state index in [0.717, 1.165) is 0 Å². The molecule has 0 unspecified atom stereocenters. The van der Waals surface area contributed by atoms with Crippen LogP contribution in [0.1, 0.15) is 27.7 Å². The Morgan fingerprint density at radius 2 is 2.00 bits per heavy atom. The molecule has 0 aliphatic rings. The molecule has 0 saturated heterocycles. The predicted molar refractivity (Wildman–Crippen MR) is 55.0 cm³/mol. The minimum Gasteiger partial charge on any atom is -0.381 e. The Balaban J connectivity index is 4.07. The summed E-state index contributed by atoms with van der Waals surface area (Å²) in [5.74, 6) is -0.250. The Labute approximate surface area is 85.9 Å². The Bertz CT molecular complexity index is 175. The van der Waals surface area contributed by atoms with Crippen LogP contribution < -0.4 is 0 Å². The second-order valence-electron chi connectivity index (χ2n) is 3.64. The van der Waals surface area contributed by atoms with Crippen molar-refractivity contribution in [3.8, 4) is 0 Å². The van der Waals surface area contributed by atoms with Crippen LogP contribution >= 0.6 is 0 Å². The van der Waals surface area contributed by atoms with E-state index in [1.165, 1.54) is 13.8 Å². The van der Waals surface area contributed by atoms with E-state index in [2.05, 4.69) is 0 Å². The predicted octanol–water partition coefficient (Wildman–Crippen LogP) is 0.642. The Kier molecular flexibility index (Phi) is 5.72. The third kappa shape index (κ3) is 4.58. The zero-order valence-corrected chi connectivity index (χ0v) is 9.54. The molecule has 0 aliphatic carbocycles. The molecule has 0 atom stereocenters. The van der Waals surface area contributed by atoms with Crippen LogP contribution in [0.5, 0.6) is 0 Å². The van der Waals surface area contributed by atoms with Gasteiger partial charge in [0, 0.05) is 19.7 Å². The summed E-state index contributed by atoms with van der Waals surface area (Å²) >= 11 is 0. The fourth-order valence-electron chi connectivity index (χ4n) is 1.11. The fourth-order valence-corrected chi connectivity index (χ4v) is 1.11. The van der Waals surface area contributed by atoms with Crippen LogP contribution in [0.3, 0.4) is 0 Å². The van der Waals surface area contributed by atoms with E-state index in [4.69, 9.17) is 4.74 Å². The topological polar surface area (TPSA) is 49.8 Å². The smallest absolute Gasteiger partial charge is 0.254 e. The molecule has 0 radical (unpaired) electrons. The maximum Gasteiger partial charge on any atom is 0.254 e. The molecule has 0 bridgehead atoms. The van der Waals surface area contributed by atoms with Gasteiger partial charge in [-0.2, -0.15) is 0 Å². The van der Waals surface area contributed by atoms with Crippen molar-refractivity contribution in [1.29, 1.82) is 0 Å². The first kappa shape index (κ1) is 13.4. The molecular formula is C10H21NO3. The summed E-state index contributed by atoms with van der Waals surface area (Å²) in [5.41, 5.74) is -1.29. The summed E-state index contributed by atoms with van der Waals surface area (Å²) in [7, 11) is 0. The summed E-state index contributed by atoms with van der Waals surface area (Å²) < 4.78 is 5.15. The average molecular weight is 203 g/mol. The van der Waals surface area contributed by atoms with Crippen molar-refractivity contribution < 1.29 is 14.6 Å². The number of ether oxygens (including phenoxy) is 1. The molecule has 0 fully saturated rings. The number of hydrogen-bond acceptors (Lipinski definition) is 3. The van der Waals surface area contributed by atoms with Crippen LogP contribution in [0.4, 0.5) is 0 Å². The standard InChI is InChI=1S/C10H21NO3/c1-5-11(7-8-14-6-2)9(12)10(3,4)13/h13H,5-8H2,1-4H3. The number of nitrogens with zero attached hydrogens (tertiary/aromatic N) is 1. The number of rotatable bonds is 6. The SMILES string of the molecule is CCOCCN(CC)C(=O)C(C)(C)O. The van der Waals surface area contributed by atoms with Crippen molar-refractivity contribution >= 4 is 5.91 Å². The van der Waals surface area contributed by atoms with E-state index in [9.17, 15) is 9.90 Å². The molecule has 0 heterocycles. The Hall–Kier alpha value is -0.610. The van der Waals surface area contributed by atoms with Crippen LogP contribution in [0, 0.1) is 0 Å². The molecule has 0 rings (SSSR count). The van der Waals surface area contributed by atoms with Crippen LogP contribution in [0.25, 0.3) is 0 Å². The molecule has 0 spiro atoms. The molecular weight excluding hydrogens is 182 g/mol. The highest BCUT2D eigenvalue weighted by atomic mass is 16.5. The first-order chi connectivity index (χ1) is 6.43. The van der Waals surface area contributed by atoms with Crippen molar-refractivity contribution in [3.05, 3.63) is 0 Å². The molecule has 4 nitrogen and oxygen atoms in total. The van der Waals surface area contributed by atoms with Gasteiger partial charge < -0.3 is 14.7 Å². The van der Waals surface area contributed by atoms with Gasteiger partial charge in [-0.25, -0.2) is 0 Å². The zero-order chi connectivity index (χ0) is 11.2. The second kappa shape index (κ2) is 5.98. The molecule has 0 aromatic heterocycles. The van der Waals surface area contributed by atoms with Crippen molar-refractivity contribution in [3.63, 3.8) is 0 Å². The maximum absolute atomic E-state index is 11.6. The number of likely N-dealkylation sites (N-methyl/N-ethyl adjacent to an activating group) is 1. The number of carbonyl (C=O) groups excluding carboxylic acids is 1. The van der Waals surface area contributed by atoms with Crippen molar-refractivity contribution in [2.45, 2.75) is 33.3 Å². The average Bonchev–Trinajstić information content (AvgIpc) is 2.10. The maximum atomic E-state index is 11.6. The summed E-state index contributed by atoms with van der Waals surface area (Å²) in [6, 6.07) is 0. The monoisotopic (exact) mass is 203 g/mol. The van der Waals surface area contributed by atoms with E-state index in [1.807, 2.05) is 13.8 Å². The largest absolute Gasteiger partial charge is 0.381 e. The van der Waals surface area contributed by atoms with Gasteiger partial charge in [0.05, 0.1) is 6.61 Å². The lowest BCUT2D eigenvalue weighted by molar-refractivity contribution is -0.148. The third-order valence-electron chi connectivity index (χ3n) is 1.90. The Morgan fingerprint density at radius 1 is 1.43 bits per heavy atom. The van der Waals surface area contributed by atoms with Crippen molar-refractivity contribution in [1.82, 2.24) is 4.90 Å². The number of amides is 1. The molecule has 84 valence electrons. The highest BCUT2D eigenvalue weighted by Gasteiger charge is 2.28. The molecule has 0 saturated carbocycles. The molecule has 4 heteroatoms. The first-order valence-corrected chi connectivity index (χ1v) is 5.03. The molecule has 1 N–H and O–H groups in total. The summed E-state index contributed by atoms with van der Waals surface area (Å²) in [4.78, 5) is 13.2. The lowest BCUT2D eigenvalue weighted by atomic mass is 10.1. The lowest BCUT2D eigenvalue weighted by Crippen LogP contribution is -2.46. The summed E-state index contributed by atoms with van der Waals surface area (Å²) in [5, 5.41) is 9.51. The zero-order valence-electron chi connectivity index (χ0n) is 9.54. The lowest BCUT2D eigenvalue weighted by Gasteiger charge is -2.27. The number of aliphatic hydroxyl groups is 1. The third-order valence-corrected chi connectivity index (χ3v) is 1.90. The second-order valence-corrected chi connectivity index (χ2v) is 3.64. The molecule has 0 aromatic rings. The van der Waals surface area contributed by atoms with Gasteiger partial charge in [-0.05, 0) is 27.7 Å². The normalized spacial score (nSPS) is 11.5. The quantitative estimate of drug-likeness (QED) is 0.645. The molecule has 0 aliphatic heterocycles. The van der Waals surface area contributed by atoms with E-state index in [1.54, 1.807) is 4.90 Å². The van der Waals surface area contributed by atoms with Gasteiger partial charge in [-0.1, -0.05) is 0 Å².